The topological polar surface area (TPSA) is 64.2 Å². The van der Waals surface area contributed by atoms with Crippen LogP contribution in [0, 0.1) is 5.92 Å². The van der Waals surface area contributed by atoms with Crippen molar-refractivity contribution in [2.75, 3.05) is 52.4 Å². The third kappa shape index (κ3) is 4.92. The molecule has 174 valence electrons. The van der Waals surface area contributed by atoms with Crippen molar-refractivity contribution in [3.8, 4) is 0 Å². The first-order valence-corrected chi connectivity index (χ1v) is 12.2. The number of amides is 4. The molecule has 1 aromatic carbocycles. The zero-order valence-electron chi connectivity index (χ0n) is 19.5. The molecule has 32 heavy (non-hydrogen) atoms. The van der Waals surface area contributed by atoms with Crippen molar-refractivity contribution in [2.24, 2.45) is 5.92 Å². The van der Waals surface area contributed by atoms with Gasteiger partial charge in [0.1, 0.15) is 0 Å². The number of nitrogens with zero attached hydrogens (tertiary/aromatic N) is 4. The average molecular weight is 441 g/mol. The molecule has 3 heterocycles. The highest BCUT2D eigenvalue weighted by Gasteiger charge is 2.34. The zero-order valence-corrected chi connectivity index (χ0v) is 19.5. The van der Waals surface area contributed by atoms with E-state index in [0.717, 1.165) is 38.8 Å². The maximum Gasteiger partial charge on any atom is 0.319 e. The highest BCUT2D eigenvalue weighted by molar-refractivity contribution is 5.94. The van der Waals surface area contributed by atoms with Crippen molar-refractivity contribution < 1.29 is 14.4 Å². The third-order valence-electron chi connectivity index (χ3n) is 7.19. The molecule has 4 amide bonds. The summed E-state index contributed by atoms with van der Waals surface area (Å²) in [6.45, 7) is 9.65. The van der Waals surface area contributed by atoms with Crippen LogP contribution in [-0.2, 0) is 4.79 Å². The van der Waals surface area contributed by atoms with Gasteiger partial charge in [-0.15, -0.1) is 0 Å². The zero-order chi connectivity index (χ0) is 22.7. The molecule has 0 radical (unpaired) electrons. The Labute approximate surface area is 191 Å². The fourth-order valence-corrected chi connectivity index (χ4v) is 5.01. The summed E-state index contributed by atoms with van der Waals surface area (Å²) in [6.07, 6.45) is 3.66. The molecule has 3 saturated heterocycles. The molecular formula is C25H36N4O3. The van der Waals surface area contributed by atoms with E-state index in [-0.39, 0.29) is 23.8 Å². The Balaban J connectivity index is 1.24. The van der Waals surface area contributed by atoms with Gasteiger partial charge in [-0.1, -0.05) is 26.0 Å². The van der Waals surface area contributed by atoms with Gasteiger partial charge in [-0.25, -0.2) is 4.79 Å². The summed E-state index contributed by atoms with van der Waals surface area (Å²) in [4.78, 5) is 46.1. The quantitative estimate of drug-likeness (QED) is 0.726. The number of urea groups is 1. The van der Waals surface area contributed by atoms with Crippen LogP contribution in [-0.4, -0.2) is 89.8 Å². The highest BCUT2D eigenvalue weighted by atomic mass is 16.2. The molecule has 0 aliphatic carbocycles. The Morgan fingerprint density at radius 2 is 1.25 bits per heavy atom. The minimum atomic E-state index is -0.0107. The first-order chi connectivity index (χ1) is 15.4. The van der Waals surface area contributed by atoms with Crippen molar-refractivity contribution in [1.82, 2.24) is 19.6 Å². The molecule has 1 aromatic rings. The van der Waals surface area contributed by atoms with E-state index in [4.69, 9.17) is 0 Å². The van der Waals surface area contributed by atoms with Gasteiger partial charge in [-0.3, -0.25) is 9.59 Å². The number of hydrogen-bond acceptors (Lipinski definition) is 3. The highest BCUT2D eigenvalue weighted by Crippen LogP contribution is 2.23. The number of piperazine rings is 1. The predicted octanol–water partition coefficient (Wildman–Crippen LogP) is 3.02. The van der Waals surface area contributed by atoms with Crippen molar-refractivity contribution in [1.29, 1.82) is 0 Å². The van der Waals surface area contributed by atoms with E-state index >= 15 is 0 Å². The third-order valence-corrected chi connectivity index (χ3v) is 7.19. The second-order valence-electron chi connectivity index (χ2n) is 9.63. The number of benzene rings is 1. The summed E-state index contributed by atoms with van der Waals surface area (Å²) in [5.41, 5.74) is 1.94. The minimum absolute atomic E-state index is 0.0107. The molecule has 0 aromatic heterocycles. The molecule has 0 N–H and O–H groups in total. The van der Waals surface area contributed by atoms with Gasteiger partial charge in [0.05, 0.1) is 0 Å². The first-order valence-electron chi connectivity index (χ1n) is 12.2. The van der Waals surface area contributed by atoms with Crippen LogP contribution in [0.4, 0.5) is 4.79 Å². The molecule has 3 aliphatic rings. The molecule has 3 fully saturated rings. The van der Waals surface area contributed by atoms with E-state index in [0.29, 0.717) is 50.7 Å². The van der Waals surface area contributed by atoms with Gasteiger partial charge in [-0.2, -0.15) is 0 Å². The maximum atomic E-state index is 13.0. The summed E-state index contributed by atoms with van der Waals surface area (Å²) in [6, 6.07) is 8.01. The van der Waals surface area contributed by atoms with Crippen LogP contribution in [0.1, 0.15) is 61.4 Å². The Morgan fingerprint density at radius 1 is 0.719 bits per heavy atom. The van der Waals surface area contributed by atoms with Crippen LogP contribution < -0.4 is 0 Å². The number of piperidine rings is 1. The lowest BCUT2D eigenvalue weighted by Gasteiger charge is -2.39. The van der Waals surface area contributed by atoms with Gasteiger partial charge in [0.15, 0.2) is 0 Å². The first kappa shape index (κ1) is 22.6. The fraction of sp³-hybridized carbons (Fsp3) is 0.640. The second-order valence-corrected chi connectivity index (χ2v) is 9.63. The van der Waals surface area contributed by atoms with Crippen LogP contribution >= 0.6 is 0 Å². The molecular weight excluding hydrogens is 404 g/mol. The lowest BCUT2D eigenvalue weighted by Crippen LogP contribution is -2.53. The Morgan fingerprint density at radius 3 is 1.81 bits per heavy atom. The van der Waals surface area contributed by atoms with Crippen LogP contribution in [0.2, 0.25) is 0 Å². The number of carbonyl (C=O) groups is 3. The molecule has 7 heteroatoms. The van der Waals surface area contributed by atoms with E-state index in [9.17, 15) is 14.4 Å². The van der Waals surface area contributed by atoms with Crippen LogP contribution in [0.5, 0.6) is 0 Å². The van der Waals surface area contributed by atoms with E-state index in [1.54, 1.807) is 0 Å². The van der Waals surface area contributed by atoms with E-state index in [2.05, 4.69) is 13.8 Å². The molecule has 0 atom stereocenters. The van der Waals surface area contributed by atoms with Gasteiger partial charge in [0, 0.05) is 63.8 Å². The number of rotatable bonds is 3. The molecule has 0 bridgehead atoms. The smallest absolute Gasteiger partial charge is 0.319 e. The summed E-state index contributed by atoms with van der Waals surface area (Å²) in [5.74, 6) is 0.662. The number of hydrogen-bond donors (Lipinski definition) is 0. The molecule has 7 nitrogen and oxygen atoms in total. The van der Waals surface area contributed by atoms with E-state index in [1.165, 1.54) is 5.56 Å². The van der Waals surface area contributed by atoms with Crippen molar-refractivity contribution in [3.63, 3.8) is 0 Å². The van der Waals surface area contributed by atoms with Crippen LogP contribution in [0.25, 0.3) is 0 Å². The lowest BCUT2D eigenvalue weighted by molar-refractivity contribution is -0.138. The van der Waals surface area contributed by atoms with Gasteiger partial charge >= 0.3 is 6.03 Å². The normalized spacial score (nSPS) is 20.2. The van der Waals surface area contributed by atoms with Crippen LogP contribution in [0.3, 0.4) is 0 Å². The van der Waals surface area contributed by atoms with Crippen molar-refractivity contribution in [2.45, 2.75) is 45.4 Å². The Kier molecular flexibility index (Phi) is 7.01. The summed E-state index contributed by atoms with van der Waals surface area (Å²) in [5, 5.41) is 0. The standard InChI is InChI=1S/C25H36N4O3/c1-19(2)20-5-7-21(8-6-20)23(30)26-15-17-27(18-16-26)24(31)22-9-13-29(14-10-22)25(32)28-11-3-4-12-28/h5-8,19,22H,3-4,9-18H2,1-2H3. The molecule has 0 unspecified atom stereocenters. The second kappa shape index (κ2) is 9.92. The van der Waals surface area contributed by atoms with E-state index < -0.39 is 0 Å². The fourth-order valence-electron chi connectivity index (χ4n) is 5.01. The molecule has 3 aliphatic heterocycles. The lowest BCUT2D eigenvalue weighted by atomic mass is 9.95. The van der Waals surface area contributed by atoms with Crippen LogP contribution in [0.15, 0.2) is 24.3 Å². The maximum absolute atomic E-state index is 13.0. The Bertz CT molecular complexity index is 816. The van der Waals surface area contributed by atoms with Crippen molar-refractivity contribution in [3.05, 3.63) is 35.4 Å². The van der Waals surface area contributed by atoms with Gasteiger partial charge in [0.2, 0.25) is 5.91 Å². The average Bonchev–Trinajstić information content (AvgIpc) is 3.38. The van der Waals surface area contributed by atoms with E-state index in [1.807, 2.05) is 43.9 Å². The number of carbonyl (C=O) groups excluding carboxylic acids is 3. The predicted molar refractivity (Wildman–Crippen MR) is 124 cm³/mol. The SMILES string of the molecule is CC(C)c1ccc(C(=O)N2CCN(C(=O)C3CCN(C(=O)N4CCCC4)CC3)CC2)cc1. The molecule has 0 saturated carbocycles. The molecule has 4 rings (SSSR count). The molecule has 0 spiro atoms. The Hall–Kier alpha value is -2.57. The number of likely N-dealkylation sites (tertiary alicyclic amines) is 2. The monoisotopic (exact) mass is 440 g/mol. The summed E-state index contributed by atoms with van der Waals surface area (Å²) in [7, 11) is 0. The largest absolute Gasteiger partial charge is 0.339 e. The minimum Gasteiger partial charge on any atom is -0.339 e. The summed E-state index contributed by atoms with van der Waals surface area (Å²) >= 11 is 0. The van der Waals surface area contributed by atoms with Crippen molar-refractivity contribution >= 4 is 17.8 Å². The van der Waals surface area contributed by atoms with Gasteiger partial charge in [-0.05, 0) is 49.3 Å². The van der Waals surface area contributed by atoms with Gasteiger partial charge < -0.3 is 19.6 Å². The van der Waals surface area contributed by atoms with Gasteiger partial charge in [0.25, 0.3) is 5.91 Å². The summed E-state index contributed by atoms with van der Waals surface area (Å²) < 4.78 is 0.